The Bertz CT molecular complexity index is 1050. The number of rotatable bonds is 6. The highest BCUT2D eigenvalue weighted by molar-refractivity contribution is 6.03. The molecular weight excluding hydrogens is 397 g/mol. The van der Waals surface area contributed by atoms with Gasteiger partial charge in [-0.2, -0.15) is 0 Å². The monoisotopic (exact) mass is 414 g/mol. The van der Waals surface area contributed by atoms with Gasteiger partial charge >= 0.3 is 6.36 Å². The van der Waals surface area contributed by atoms with Crippen LogP contribution in [0.4, 0.5) is 30.5 Å². The number of amides is 1. The van der Waals surface area contributed by atoms with Crippen molar-refractivity contribution in [3.05, 3.63) is 72.1 Å². The van der Waals surface area contributed by atoms with Crippen molar-refractivity contribution in [3.8, 4) is 5.75 Å². The number of alkyl halides is 3. The van der Waals surface area contributed by atoms with E-state index < -0.39 is 6.36 Å². The number of nitrogens with one attached hydrogen (secondary N) is 2. The van der Waals surface area contributed by atoms with E-state index in [0.717, 1.165) is 24.1 Å². The maximum atomic E-state index is 12.5. The van der Waals surface area contributed by atoms with Crippen molar-refractivity contribution in [2.75, 3.05) is 10.6 Å². The molecule has 3 aromatic rings. The van der Waals surface area contributed by atoms with Crippen molar-refractivity contribution >= 4 is 23.2 Å². The Morgan fingerprint density at radius 2 is 1.80 bits per heavy atom. The molecule has 0 spiro atoms. The molecule has 9 heteroatoms. The lowest BCUT2D eigenvalue weighted by atomic mass is 10.0. The number of anilines is 3. The molecule has 1 amide bonds. The fourth-order valence-electron chi connectivity index (χ4n) is 3.01. The highest BCUT2D eigenvalue weighted by Gasteiger charge is 2.31. The molecule has 0 aliphatic heterocycles. The van der Waals surface area contributed by atoms with E-state index in [0.29, 0.717) is 17.2 Å². The summed E-state index contributed by atoms with van der Waals surface area (Å²) in [6.07, 6.45) is 0.274. The first-order valence-electron chi connectivity index (χ1n) is 9.22. The van der Waals surface area contributed by atoms with Crippen LogP contribution in [0.15, 0.2) is 60.9 Å². The number of aromatic nitrogens is 2. The van der Waals surface area contributed by atoms with Gasteiger partial charge in [-0.25, -0.2) is 9.97 Å². The normalized spacial score (nSPS) is 13.6. The van der Waals surface area contributed by atoms with Crippen LogP contribution in [0.1, 0.15) is 34.7 Å². The van der Waals surface area contributed by atoms with Gasteiger partial charge in [0.1, 0.15) is 5.75 Å². The lowest BCUT2D eigenvalue weighted by Gasteiger charge is -2.15. The van der Waals surface area contributed by atoms with Crippen LogP contribution in [0.25, 0.3) is 0 Å². The molecule has 0 atom stereocenters. The fourth-order valence-corrected chi connectivity index (χ4v) is 3.01. The molecule has 1 fully saturated rings. The maximum absolute atomic E-state index is 12.5. The quantitative estimate of drug-likeness (QED) is 0.576. The number of nitrogens with zero attached hydrogens (tertiary/aromatic N) is 2. The minimum Gasteiger partial charge on any atom is -0.406 e. The van der Waals surface area contributed by atoms with Gasteiger partial charge in [-0.15, -0.1) is 13.2 Å². The molecule has 1 saturated carbocycles. The first-order valence-corrected chi connectivity index (χ1v) is 9.22. The zero-order valence-corrected chi connectivity index (χ0v) is 15.6. The highest BCUT2D eigenvalue weighted by Crippen LogP contribution is 2.44. The summed E-state index contributed by atoms with van der Waals surface area (Å²) in [4.78, 5) is 20.5. The molecule has 1 heterocycles. The van der Waals surface area contributed by atoms with Crippen molar-refractivity contribution in [1.29, 1.82) is 0 Å². The van der Waals surface area contributed by atoms with Gasteiger partial charge in [-0.1, -0.05) is 6.07 Å². The van der Waals surface area contributed by atoms with Gasteiger partial charge in [-0.3, -0.25) is 10.1 Å². The third kappa shape index (κ3) is 5.05. The van der Waals surface area contributed by atoms with Crippen LogP contribution >= 0.6 is 0 Å². The van der Waals surface area contributed by atoms with Gasteiger partial charge < -0.3 is 10.1 Å². The molecule has 0 radical (unpaired) electrons. The van der Waals surface area contributed by atoms with E-state index in [1.54, 1.807) is 30.3 Å². The van der Waals surface area contributed by atoms with E-state index in [2.05, 4.69) is 25.3 Å². The van der Waals surface area contributed by atoms with Gasteiger partial charge in [-0.05, 0) is 60.7 Å². The SMILES string of the molecule is O=C(Nc1ncccn1)c1ccc(Nc2cccc(OC(F)(F)F)c2)c(C2CC2)c1. The Kier molecular flexibility index (Phi) is 5.26. The summed E-state index contributed by atoms with van der Waals surface area (Å²) in [6.45, 7) is 0. The molecule has 1 aliphatic carbocycles. The smallest absolute Gasteiger partial charge is 0.406 e. The minimum absolute atomic E-state index is 0.208. The summed E-state index contributed by atoms with van der Waals surface area (Å²) in [5, 5.41) is 5.77. The molecule has 1 aromatic heterocycles. The van der Waals surface area contributed by atoms with Crippen molar-refractivity contribution in [3.63, 3.8) is 0 Å². The third-order valence-electron chi connectivity index (χ3n) is 4.47. The zero-order chi connectivity index (χ0) is 21.1. The number of carbonyl (C=O) groups excluding carboxylic acids is 1. The standard InChI is InChI=1S/C21H17F3N4O2/c22-21(23,24)30-16-4-1-3-15(12-16)27-18-8-7-14(11-17(18)13-5-6-13)19(29)28-20-25-9-2-10-26-20/h1-4,7-13,27H,5-6H2,(H,25,26,28,29). The largest absolute Gasteiger partial charge is 0.573 e. The fraction of sp³-hybridized carbons (Fsp3) is 0.190. The highest BCUT2D eigenvalue weighted by atomic mass is 19.4. The first kappa shape index (κ1) is 19.7. The predicted molar refractivity (Wildman–Crippen MR) is 105 cm³/mol. The number of hydrogen-bond acceptors (Lipinski definition) is 5. The number of halogens is 3. The van der Waals surface area contributed by atoms with Gasteiger partial charge in [0, 0.05) is 35.4 Å². The topological polar surface area (TPSA) is 76.1 Å². The van der Waals surface area contributed by atoms with Crippen LogP contribution in [-0.2, 0) is 0 Å². The predicted octanol–water partition coefficient (Wildman–Crippen LogP) is 5.25. The van der Waals surface area contributed by atoms with E-state index >= 15 is 0 Å². The van der Waals surface area contributed by atoms with Crippen molar-refractivity contribution < 1.29 is 22.7 Å². The molecule has 154 valence electrons. The summed E-state index contributed by atoms with van der Waals surface area (Å²) in [5.74, 6) is -0.142. The zero-order valence-electron chi connectivity index (χ0n) is 15.6. The number of carbonyl (C=O) groups is 1. The molecule has 2 N–H and O–H groups in total. The Morgan fingerprint density at radius 1 is 1.03 bits per heavy atom. The minimum atomic E-state index is -4.75. The molecule has 30 heavy (non-hydrogen) atoms. The van der Waals surface area contributed by atoms with Crippen LogP contribution in [0.3, 0.4) is 0 Å². The second-order valence-corrected chi connectivity index (χ2v) is 6.80. The van der Waals surface area contributed by atoms with Crippen molar-refractivity contribution in [2.45, 2.75) is 25.1 Å². The van der Waals surface area contributed by atoms with Crippen LogP contribution in [0.2, 0.25) is 0 Å². The number of ether oxygens (including phenoxy) is 1. The Morgan fingerprint density at radius 3 is 2.50 bits per heavy atom. The molecule has 0 saturated heterocycles. The molecule has 1 aliphatic rings. The number of benzene rings is 2. The second kappa shape index (κ2) is 8.02. The van der Waals surface area contributed by atoms with E-state index in [1.807, 2.05) is 0 Å². The summed E-state index contributed by atoms with van der Waals surface area (Å²) < 4.78 is 41.4. The second-order valence-electron chi connectivity index (χ2n) is 6.80. The lowest BCUT2D eigenvalue weighted by Crippen LogP contribution is -2.17. The molecule has 0 bridgehead atoms. The van der Waals surface area contributed by atoms with Crippen molar-refractivity contribution in [2.24, 2.45) is 0 Å². The van der Waals surface area contributed by atoms with Gasteiger partial charge in [0.25, 0.3) is 5.91 Å². The average molecular weight is 414 g/mol. The molecular formula is C21H17F3N4O2. The van der Waals surface area contributed by atoms with Gasteiger partial charge in [0.05, 0.1) is 0 Å². The van der Waals surface area contributed by atoms with Crippen LogP contribution in [0, 0.1) is 0 Å². The van der Waals surface area contributed by atoms with E-state index in [9.17, 15) is 18.0 Å². The summed E-state index contributed by atoms with van der Waals surface area (Å²) >= 11 is 0. The van der Waals surface area contributed by atoms with E-state index in [-0.39, 0.29) is 17.6 Å². The molecule has 2 aromatic carbocycles. The maximum Gasteiger partial charge on any atom is 0.573 e. The Balaban J connectivity index is 1.54. The molecule has 4 rings (SSSR count). The lowest BCUT2D eigenvalue weighted by molar-refractivity contribution is -0.274. The Labute approximate surface area is 170 Å². The third-order valence-corrected chi connectivity index (χ3v) is 4.47. The first-order chi connectivity index (χ1) is 14.4. The Hall–Kier alpha value is -3.62. The van der Waals surface area contributed by atoms with Crippen molar-refractivity contribution in [1.82, 2.24) is 9.97 Å². The van der Waals surface area contributed by atoms with Gasteiger partial charge in [0.2, 0.25) is 5.95 Å². The van der Waals surface area contributed by atoms with Crippen LogP contribution < -0.4 is 15.4 Å². The van der Waals surface area contributed by atoms with Crippen LogP contribution in [-0.4, -0.2) is 22.2 Å². The van der Waals surface area contributed by atoms with E-state index in [1.165, 1.54) is 30.6 Å². The summed E-state index contributed by atoms with van der Waals surface area (Å²) in [5.41, 5.74) is 2.56. The summed E-state index contributed by atoms with van der Waals surface area (Å²) in [6, 6.07) is 12.4. The molecule has 0 unspecified atom stereocenters. The van der Waals surface area contributed by atoms with E-state index in [4.69, 9.17) is 0 Å². The number of hydrogen-bond donors (Lipinski definition) is 2. The molecule has 6 nitrogen and oxygen atoms in total. The summed E-state index contributed by atoms with van der Waals surface area (Å²) in [7, 11) is 0. The van der Waals surface area contributed by atoms with Gasteiger partial charge in [0.15, 0.2) is 0 Å². The average Bonchev–Trinajstić information content (AvgIpc) is 3.53. The van der Waals surface area contributed by atoms with Crippen LogP contribution in [0.5, 0.6) is 5.75 Å².